The monoisotopic (exact) mass is 443 g/mol. The zero-order valence-corrected chi connectivity index (χ0v) is 17.4. The first-order valence-corrected chi connectivity index (χ1v) is 10.1. The predicted molar refractivity (Wildman–Crippen MR) is 114 cm³/mol. The molecule has 1 fully saturated rings. The Morgan fingerprint density at radius 2 is 2.06 bits per heavy atom. The fourth-order valence-electron chi connectivity index (χ4n) is 4.42. The lowest BCUT2D eigenvalue weighted by atomic mass is 10.00. The quantitative estimate of drug-likeness (QED) is 0.495. The van der Waals surface area contributed by atoms with Crippen LogP contribution in [0.2, 0.25) is 0 Å². The van der Waals surface area contributed by atoms with Gasteiger partial charge in [-0.15, -0.1) is 0 Å². The van der Waals surface area contributed by atoms with Gasteiger partial charge >= 0.3 is 6.18 Å². The number of rotatable bonds is 2. The summed E-state index contributed by atoms with van der Waals surface area (Å²) in [7, 11) is 1.72. The third kappa shape index (κ3) is 3.13. The van der Waals surface area contributed by atoms with Gasteiger partial charge in [0.15, 0.2) is 0 Å². The van der Waals surface area contributed by atoms with Crippen LogP contribution < -0.4 is 10.9 Å². The number of nitrogens with one attached hydrogen (secondary N) is 1. The number of hydrogen-bond donors (Lipinski definition) is 2. The molecule has 1 aliphatic rings. The number of halogens is 3. The highest BCUT2D eigenvalue weighted by Crippen LogP contribution is 2.40. The Balaban J connectivity index is 1.79. The molecule has 7 nitrogen and oxygen atoms in total. The molecule has 1 unspecified atom stereocenters. The van der Waals surface area contributed by atoms with E-state index in [4.69, 9.17) is 0 Å². The summed E-state index contributed by atoms with van der Waals surface area (Å²) in [6.07, 6.45) is -0.901. The van der Waals surface area contributed by atoms with E-state index in [0.29, 0.717) is 36.0 Å². The molecule has 4 aromatic rings. The summed E-state index contributed by atoms with van der Waals surface area (Å²) in [5, 5.41) is 18.3. The van der Waals surface area contributed by atoms with Crippen LogP contribution >= 0.6 is 0 Å². The molecule has 0 aliphatic carbocycles. The number of aromatic hydroxyl groups is 1. The normalized spacial score (nSPS) is 17.0. The van der Waals surface area contributed by atoms with Gasteiger partial charge < -0.3 is 15.0 Å². The number of aromatic nitrogens is 4. The zero-order valence-electron chi connectivity index (χ0n) is 17.4. The Bertz CT molecular complexity index is 1430. The summed E-state index contributed by atoms with van der Waals surface area (Å²) in [5.41, 5.74) is -0.756. The number of pyridine rings is 2. The summed E-state index contributed by atoms with van der Waals surface area (Å²) in [6.45, 7) is 2.87. The lowest BCUT2D eigenvalue weighted by molar-refractivity contribution is -0.136. The number of fused-ring (bicyclic) bond motifs is 2. The van der Waals surface area contributed by atoms with Crippen molar-refractivity contribution in [1.82, 2.24) is 24.6 Å². The maximum absolute atomic E-state index is 14.1. The van der Waals surface area contributed by atoms with Crippen LogP contribution in [0.15, 0.2) is 35.4 Å². The smallest absolute Gasteiger partial charge is 0.417 e. The fraction of sp³-hybridized carbons (Fsp3) is 0.318. The van der Waals surface area contributed by atoms with Crippen molar-refractivity contribution in [3.63, 3.8) is 0 Å². The number of phenolic OH excluding ortho intramolecular Hbond substituents is 1. The molecule has 1 atom stereocenters. The highest BCUT2D eigenvalue weighted by Gasteiger charge is 2.36. The van der Waals surface area contributed by atoms with Crippen molar-refractivity contribution in [3.05, 3.63) is 52.1 Å². The summed E-state index contributed by atoms with van der Waals surface area (Å²) in [4.78, 5) is 17.4. The number of aryl methyl sites for hydroxylation is 2. The van der Waals surface area contributed by atoms with E-state index in [2.05, 4.69) is 15.4 Å². The van der Waals surface area contributed by atoms with Gasteiger partial charge in [0, 0.05) is 42.5 Å². The number of nitrogens with zero attached hydrogens (tertiary/aromatic N) is 4. The number of phenols is 1. The average Bonchev–Trinajstić information content (AvgIpc) is 3.39. The SMILES string of the molecule is Cc1c(O)c(-c2cc(C(F)(F)F)c3c(=O)n(C4CCNC4)ccc3n2)cc2cn(C)nc12. The van der Waals surface area contributed by atoms with E-state index in [1.165, 1.54) is 16.8 Å². The van der Waals surface area contributed by atoms with E-state index in [1.807, 2.05) is 0 Å². The van der Waals surface area contributed by atoms with Crippen LogP contribution in [0.25, 0.3) is 33.1 Å². The Labute approximate surface area is 180 Å². The Kier molecular flexibility index (Phi) is 4.52. The standard InChI is InChI=1S/C22H20F3N5O2/c1-11-19-12(10-29(2)28-19)7-14(20(11)31)17-8-15(22(23,24)25)18-16(27-17)4-6-30(21(18)32)13-3-5-26-9-13/h4,6-8,10,13,26,31H,3,5,9H2,1-2H3. The number of hydrogen-bond acceptors (Lipinski definition) is 5. The van der Waals surface area contributed by atoms with E-state index in [0.717, 1.165) is 6.07 Å². The summed E-state index contributed by atoms with van der Waals surface area (Å²) < 4.78 is 45.1. The van der Waals surface area contributed by atoms with Crippen LogP contribution in [0.4, 0.5) is 13.2 Å². The van der Waals surface area contributed by atoms with Gasteiger partial charge in [-0.25, -0.2) is 4.98 Å². The molecule has 0 bridgehead atoms. The van der Waals surface area contributed by atoms with Crippen molar-refractivity contribution in [3.8, 4) is 17.0 Å². The largest absolute Gasteiger partial charge is 0.507 e. The van der Waals surface area contributed by atoms with Gasteiger partial charge in [-0.3, -0.25) is 9.48 Å². The Morgan fingerprint density at radius 1 is 1.28 bits per heavy atom. The topological polar surface area (TPSA) is 85.0 Å². The van der Waals surface area contributed by atoms with Crippen LogP contribution in [-0.4, -0.2) is 37.5 Å². The van der Waals surface area contributed by atoms with Crippen LogP contribution in [0.5, 0.6) is 5.75 Å². The molecule has 10 heteroatoms. The van der Waals surface area contributed by atoms with E-state index in [-0.39, 0.29) is 28.6 Å². The van der Waals surface area contributed by atoms with Gasteiger partial charge in [-0.2, -0.15) is 18.3 Å². The molecule has 0 amide bonds. The molecule has 5 rings (SSSR count). The van der Waals surface area contributed by atoms with Crippen molar-refractivity contribution >= 4 is 21.8 Å². The van der Waals surface area contributed by atoms with Crippen molar-refractivity contribution in [2.45, 2.75) is 25.6 Å². The van der Waals surface area contributed by atoms with Gasteiger partial charge in [-0.05, 0) is 38.1 Å². The van der Waals surface area contributed by atoms with Crippen LogP contribution in [-0.2, 0) is 13.2 Å². The van der Waals surface area contributed by atoms with Gasteiger partial charge in [0.25, 0.3) is 5.56 Å². The van der Waals surface area contributed by atoms with Gasteiger partial charge in [-0.1, -0.05) is 0 Å². The van der Waals surface area contributed by atoms with Crippen molar-refractivity contribution in [1.29, 1.82) is 0 Å². The highest BCUT2D eigenvalue weighted by atomic mass is 19.4. The summed E-state index contributed by atoms with van der Waals surface area (Å²) in [5.74, 6) is -0.193. The zero-order chi connectivity index (χ0) is 22.8. The van der Waals surface area contributed by atoms with Gasteiger partial charge in [0.2, 0.25) is 0 Å². The fourth-order valence-corrected chi connectivity index (χ4v) is 4.42. The van der Waals surface area contributed by atoms with Crippen molar-refractivity contribution < 1.29 is 18.3 Å². The average molecular weight is 443 g/mol. The van der Waals surface area contributed by atoms with Crippen molar-refractivity contribution in [2.75, 3.05) is 13.1 Å². The van der Waals surface area contributed by atoms with E-state index >= 15 is 0 Å². The second kappa shape index (κ2) is 7.06. The second-order valence-corrected chi connectivity index (χ2v) is 8.13. The Morgan fingerprint density at radius 3 is 2.75 bits per heavy atom. The predicted octanol–water partition coefficient (Wildman–Crippen LogP) is 3.52. The first-order valence-electron chi connectivity index (χ1n) is 10.1. The minimum absolute atomic E-state index is 0.0594. The molecule has 1 saturated heterocycles. The van der Waals surface area contributed by atoms with Crippen molar-refractivity contribution in [2.24, 2.45) is 7.05 Å². The second-order valence-electron chi connectivity index (χ2n) is 8.13. The van der Waals surface area contributed by atoms with E-state index < -0.39 is 22.7 Å². The van der Waals surface area contributed by atoms with Gasteiger partial charge in [0.05, 0.1) is 33.7 Å². The Hall–Kier alpha value is -3.40. The molecule has 1 aromatic carbocycles. The molecule has 166 valence electrons. The molecule has 4 heterocycles. The van der Waals surface area contributed by atoms with Crippen LogP contribution in [0.1, 0.15) is 23.6 Å². The maximum Gasteiger partial charge on any atom is 0.417 e. The van der Waals surface area contributed by atoms with E-state index in [1.54, 1.807) is 30.9 Å². The van der Waals surface area contributed by atoms with E-state index in [9.17, 15) is 23.1 Å². The molecule has 1 aliphatic heterocycles. The minimum Gasteiger partial charge on any atom is -0.507 e. The lowest BCUT2D eigenvalue weighted by Crippen LogP contribution is -2.27. The van der Waals surface area contributed by atoms with Gasteiger partial charge in [0.1, 0.15) is 5.75 Å². The third-order valence-electron chi connectivity index (χ3n) is 6.02. The number of alkyl halides is 3. The summed E-state index contributed by atoms with van der Waals surface area (Å²) in [6, 6.07) is 3.63. The molecular formula is C22H20F3N5O2. The molecule has 0 radical (unpaired) electrons. The van der Waals surface area contributed by atoms with Crippen LogP contribution in [0.3, 0.4) is 0 Å². The van der Waals surface area contributed by atoms with Crippen LogP contribution in [0, 0.1) is 6.92 Å². The molecule has 0 saturated carbocycles. The summed E-state index contributed by atoms with van der Waals surface area (Å²) >= 11 is 0. The molecular weight excluding hydrogens is 423 g/mol. The first kappa shape index (κ1) is 20.5. The highest BCUT2D eigenvalue weighted by molar-refractivity contribution is 5.92. The molecule has 3 aromatic heterocycles. The number of benzene rings is 1. The maximum atomic E-state index is 14.1. The minimum atomic E-state index is -4.77. The molecule has 32 heavy (non-hydrogen) atoms. The molecule has 2 N–H and O–H groups in total. The molecule has 0 spiro atoms. The third-order valence-corrected chi connectivity index (χ3v) is 6.02. The lowest BCUT2D eigenvalue weighted by Gasteiger charge is -2.17. The first-order chi connectivity index (χ1) is 15.1.